The third kappa shape index (κ3) is 17.9. The second-order valence-electron chi connectivity index (χ2n) is 1.36. The van der Waals surface area contributed by atoms with Crippen molar-refractivity contribution >= 4 is 0 Å². The Morgan fingerprint density at radius 2 is 1.88 bits per heavy atom. The lowest BCUT2D eigenvalue weighted by Gasteiger charge is -1.76. The van der Waals surface area contributed by atoms with Gasteiger partial charge >= 0.3 is 0 Å². The Morgan fingerprint density at radius 3 is 2.00 bits per heavy atom. The average Bonchev–Trinajstić information content (AvgIpc) is 1.88. The molecule has 8 heavy (non-hydrogen) atoms. The quantitative estimate of drug-likeness (QED) is 0.481. The van der Waals surface area contributed by atoms with Crippen LogP contribution in [0.25, 0.3) is 0 Å². The Labute approximate surface area is 52.9 Å². The van der Waals surface area contributed by atoms with Crippen LogP contribution in [0.15, 0.2) is 25.3 Å². The zero-order valence-corrected chi connectivity index (χ0v) is 5.98. The van der Waals surface area contributed by atoms with E-state index in [1.807, 2.05) is 0 Å². The van der Waals surface area contributed by atoms with Gasteiger partial charge in [0.1, 0.15) is 0 Å². The van der Waals surface area contributed by atoms with Gasteiger partial charge in [-0.25, -0.2) is 0 Å². The van der Waals surface area contributed by atoms with Crippen molar-refractivity contribution in [1.29, 1.82) is 0 Å². The third-order valence-corrected chi connectivity index (χ3v) is 0.691. The largest absolute Gasteiger partial charge is 0.106 e. The number of allylic oxidation sites excluding steroid dienone is 2. The molecule has 0 aliphatic heterocycles. The second-order valence-corrected chi connectivity index (χ2v) is 1.36. The van der Waals surface area contributed by atoms with E-state index >= 15 is 0 Å². The van der Waals surface area contributed by atoms with Gasteiger partial charge in [-0.1, -0.05) is 25.5 Å². The molecule has 0 bridgehead atoms. The summed E-state index contributed by atoms with van der Waals surface area (Å²) in [6.45, 7) is 10.2. The van der Waals surface area contributed by atoms with Crippen LogP contribution in [0, 0.1) is 0 Å². The summed E-state index contributed by atoms with van der Waals surface area (Å²) < 4.78 is 0. The molecule has 0 spiro atoms. The summed E-state index contributed by atoms with van der Waals surface area (Å²) in [7, 11) is 0. The summed E-state index contributed by atoms with van der Waals surface area (Å²) >= 11 is 0. The van der Waals surface area contributed by atoms with Crippen molar-refractivity contribution in [3.63, 3.8) is 0 Å². The molecular weight excluding hydrogens is 96.1 g/mol. The smallest absolute Gasteiger partial charge is 0.0353 e. The van der Waals surface area contributed by atoms with E-state index in [0.717, 1.165) is 0 Å². The Bertz CT molecular complexity index is 44.0. The van der Waals surface area contributed by atoms with Crippen molar-refractivity contribution in [2.75, 3.05) is 0 Å². The third-order valence-electron chi connectivity index (χ3n) is 0.691. The van der Waals surface area contributed by atoms with E-state index in [0.29, 0.717) is 0 Å². The van der Waals surface area contributed by atoms with Crippen LogP contribution in [0.3, 0.4) is 0 Å². The molecule has 0 atom stereocenters. The topological polar surface area (TPSA) is 0 Å². The van der Waals surface area contributed by atoms with Crippen LogP contribution >= 0.6 is 0 Å². The lowest BCUT2D eigenvalue weighted by atomic mass is 10.3. The number of hydrogen-bond acceptors (Lipinski definition) is 0. The zero-order chi connectivity index (χ0) is 6.83. The monoisotopic (exact) mass is 112 g/mol. The van der Waals surface area contributed by atoms with Crippen LogP contribution in [-0.2, 0) is 0 Å². The summed E-state index contributed by atoms with van der Waals surface area (Å²) in [4.78, 5) is 0. The molecule has 0 unspecified atom stereocenters. The predicted octanol–water partition coefficient (Wildman–Crippen LogP) is 3.16. The number of hydrogen-bond donors (Lipinski definition) is 0. The van der Waals surface area contributed by atoms with Crippen molar-refractivity contribution in [3.05, 3.63) is 25.3 Å². The summed E-state index contributed by atoms with van der Waals surface area (Å²) in [6, 6.07) is 0. The molecule has 0 aliphatic carbocycles. The molecule has 0 nitrogen and oxygen atoms in total. The molecule has 0 saturated heterocycles. The van der Waals surface area contributed by atoms with Gasteiger partial charge in [-0.05, 0) is 13.3 Å². The highest BCUT2D eigenvalue weighted by Gasteiger charge is 1.64. The standard InChI is InChI=1S/C6H12.C2H4/c1-3-5-6-4-2;1-2/h3,5H,4,6H2,1-2H3;1-2H2. The van der Waals surface area contributed by atoms with Gasteiger partial charge in [-0.2, -0.15) is 0 Å². The highest BCUT2D eigenvalue weighted by Crippen LogP contribution is 1.85. The van der Waals surface area contributed by atoms with E-state index in [1.54, 1.807) is 0 Å². The normalized spacial score (nSPS) is 8.25. The lowest BCUT2D eigenvalue weighted by Crippen LogP contribution is -1.55. The van der Waals surface area contributed by atoms with Gasteiger partial charge < -0.3 is 0 Å². The summed E-state index contributed by atoms with van der Waals surface area (Å²) in [5, 5.41) is 0. The van der Waals surface area contributed by atoms with E-state index in [1.165, 1.54) is 12.8 Å². The maximum absolute atomic E-state index is 3.00. The van der Waals surface area contributed by atoms with Gasteiger partial charge in [0.2, 0.25) is 0 Å². The van der Waals surface area contributed by atoms with E-state index in [9.17, 15) is 0 Å². The fraction of sp³-hybridized carbons (Fsp3) is 0.500. The minimum atomic E-state index is 1.23. The Morgan fingerprint density at radius 1 is 1.38 bits per heavy atom. The molecule has 0 amide bonds. The molecule has 0 aromatic rings. The number of rotatable bonds is 2. The van der Waals surface area contributed by atoms with Crippen LogP contribution in [0.4, 0.5) is 0 Å². The average molecular weight is 112 g/mol. The van der Waals surface area contributed by atoms with Crippen LogP contribution in [0.1, 0.15) is 26.7 Å². The van der Waals surface area contributed by atoms with E-state index in [-0.39, 0.29) is 0 Å². The lowest BCUT2D eigenvalue weighted by molar-refractivity contribution is 0.957. The minimum Gasteiger partial charge on any atom is -0.106 e. The van der Waals surface area contributed by atoms with Crippen molar-refractivity contribution < 1.29 is 0 Å². The van der Waals surface area contributed by atoms with Crippen molar-refractivity contribution in [2.45, 2.75) is 26.7 Å². The predicted molar refractivity (Wildman–Crippen MR) is 41.0 cm³/mol. The summed E-state index contributed by atoms with van der Waals surface area (Å²) in [5.41, 5.74) is 0. The molecule has 0 heterocycles. The summed E-state index contributed by atoms with van der Waals surface area (Å²) in [5.74, 6) is 0. The highest BCUT2D eigenvalue weighted by atomic mass is 13.7. The number of unbranched alkanes of at least 4 members (excludes halogenated alkanes) is 1. The first-order valence-electron chi connectivity index (χ1n) is 3.03. The van der Waals surface area contributed by atoms with Crippen molar-refractivity contribution in [3.8, 4) is 0 Å². The van der Waals surface area contributed by atoms with Crippen LogP contribution in [-0.4, -0.2) is 0 Å². The van der Waals surface area contributed by atoms with Crippen LogP contribution in [0.2, 0.25) is 0 Å². The Kier molecular flexibility index (Phi) is 21.0. The molecule has 0 radical (unpaired) electrons. The Balaban J connectivity index is 0. The maximum Gasteiger partial charge on any atom is -0.0353 e. The molecule has 0 rings (SSSR count). The van der Waals surface area contributed by atoms with Gasteiger partial charge in [-0.15, -0.1) is 13.2 Å². The van der Waals surface area contributed by atoms with Crippen molar-refractivity contribution in [2.24, 2.45) is 0 Å². The van der Waals surface area contributed by atoms with Crippen molar-refractivity contribution in [1.82, 2.24) is 0 Å². The molecule has 0 saturated carbocycles. The van der Waals surface area contributed by atoms with Gasteiger partial charge in [0.15, 0.2) is 0 Å². The van der Waals surface area contributed by atoms with E-state index < -0.39 is 0 Å². The second kappa shape index (κ2) is 16.1. The molecule has 0 fully saturated rings. The van der Waals surface area contributed by atoms with E-state index in [4.69, 9.17) is 0 Å². The highest BCUT2D eigenvalue weighted by molar-refractivity contribution is 4.75. The van der Waals surface area contributed by atoms with E-state index in [2.05, 4.69) is 39.2 Å². The van der Waals surface area contributed by atoms with Crippen LogP contribution < -0.4 is 0 Å². The molecule has 0 aromatic carbocycles. The van der Waals surface area contributed by atoms with Crippen LogP contribution in [0.5, 0.6) is 0 Å². The maximum atomic E-state index is 3.00. The van der Waals surface area contributed by atoms with Gasteiger partial charge in [0, 0.05) is 0 Å². The molecule has 0 N–H and O–H groups in total. The first-order valence-corrected chi connectivity index (χ1v) is 3.03. The fourth-order valence-corrected chi connectivity index (χ4v) is 0.333. The molecule has 0 aromatic heterocycles. The summed E-state index contributed by atoms with van der Waals surface area (Å²) in [6.07, 6.45) is 6.77. The Hall–Kier alpha value is -0.520. The van der Waals surface area contributed by atoms with Gasteiger partial charge in [-0.3, -0.25) is 0 Å². The fourth-order valence-electron chi connectivity index (χ4n) is 0.333. The van der Waals surface area contributed by atoms with Gasteiger partial charge in [0.05, 0.1) is 0 Å². The first-order chi connectivity index (χ1) is 3.91. The molecular formula is C8H16. The van der Waals surface area contributed by atoms with Gasteiger partial charge in [0.25, 0.3) is 0 Å². The zero-order valence-electron chi connectivity index (χ0n) is 5.98. The molecule has 0 aliphatic rings. The SMILES string of the molecule is C=C.CC=CCCC. The minimum absolute atomic E-state index is 1.23. The first kappa shape index (κ1) is 10.5. The molecule has 0 heteroatoms. The molecule has 48 valence electrons.